The number of anilines is 1. The smallest absolute Gasteiger partial charge is 0.310 e. The van der Waals surface area contributed by atoms with Crippen molar-refractivity contribution in [3.05, 3.63) is 54.1 Å². The second-order valence-electron chi connectivity index (χ2n) is 6.22. The van der Waals surface area contributed by atoms with Crippen molar-refractivity contribution in [1.29, 1.82) is 0 Å². The Morgan fingerprint density at radius 3 is 2.58 bits per heavy atom. The zero-order valence-corrected chi connectivity index (χ0v) is 13.4. The second-order valence-corrected chi connectivity index (χ2v) is 6.22. The molecule has 3 heterocycles. The third-order valence-electron chi connectivity index (χ3n) is 4.52. The summed E-state index contributed by atoms with van der Waals surface area (Å²) in [7, 11) is 0. The molecule has 4 atom stereocenters. The van der Waals surface area contributed by atoms with Gasteiger partial charge in [0.05, 0.1) is 24.7 Å². The maximum absolute atomic E-state index is 12.9. The molecule has 1 aromatic heterocycles. The van der Waals surface area contributed by atoms with Crippen LogP contribution in [0.4, 0.5) is 10.3 Å². The van der Waals surface area contributed by atoms with Gasteiger partial charge in [0.25, 0.3) is 0 Å². The molecule has 0 spiro atoms. The first kappa shape index (κ1) is 16.4. The Hall–Kier alpha value is -3.07. The zero-order chi connectivity index (χ0) is 18.3. The van der Waals surface area contributed by atoms with Gasteiger partial charge in [0.2, 0.25) is 11.9 Å². The predicted molar refractivity (Wildman–Crippen MR) is 86.6 cm³/mol. The minimum absolute atomic E-state index is 0.0769. The number of carboxylic acids is 1. The van der Waals surface area contributed by atoms with E-state index in [2.05, 4.69) is 15.4 Å². The molecule has 1 aromatic carbocycles. The maximum Gasteiger partial charge on any atom is 0.310 e. The van der Waals surface area contributed by atoms with Crippen molar-refractivity contribution >= 4 is 17.8 Å². The van der Waals surface area contributed by atoms with Gasteiger partial charge in [0, 0.05) is 0 Å². The number of carboxylic acid groups (broad SMARTS) is 1. The fraction of sp³-hybridized carbons (Fsp3) is 0.294. The molecule has 2 aromatic rings. The zero-order valence-electron chi connectivity index (χ0n) is 13.4. The molecule has 0 radical (unpaired) electrons. The Bertz CT molecular complexity index is 879. The van der Waals surface area contributed by atoms with Gasteiger partial charge >= 0.3 is 5.97 Å². The molecule has 1 amide bonds. The van der Waals surface area contributed by atoms with Gasteiger partial charge in [-0.25, -0.2) is 14.1 Å². The van der Waals surface area contributed by atoms with Gasteiger partial charge in [0.1, 0.15) is 18.1 Å². The van der Waals surface area contributed by atoms with Crippen LogP contribution in [-0.2, 0) is 20.9 Å². The highest BCUT2D eigenvalue weighted by molar-refractivity contribution is 5.95. The Labute approximate surface area is 147 Å². The Balaban J connectivity index is 1.44. The van der Waals surface area contributed by atoms with E-state index < -0.39 is 35.9 Å². The van der Waals surface area contributed by atoms with E-state index in [1.807, 2.05) is 0 Å². The van der Waals surface area contributed by atoms with Crippen LogP contribution in [0.3, 0.4) is 0 Å². The molecule has 1 fully saturated rings. The standard InChI is InChI=1S/C17H15FN4O4/c18-10-3-1-9(2-4-10)7-22-8-19-17(21-22)20-15(23)13-11-5-6-12(26-11)14(13)16(24)25/h1-6,8,11-14H,7H2,(H,24,25)(H,20,21,23). The summed E-state index contributed by atoms with van der Waals surface area (Å²) in [6.45, 7) is 0.362. The molecule has 9 heteroatoms. The van der Waals surface area contributed by atoms with Gasteiger partial charge in [-0.3, -0.25) is 14.9 Å². The summed E-state index contributed by atoms with van der Waals surface area (Å²) in [5, 5.41) is 16.0. The molecule has 134 valence electrons. The highest BCUT2D eigenvalue weighted by Gasteiger charge is 2.53. The average molecular weight is 358 g/mol. The van der Waals surface area contributed by atoms with Crippen molar-refractivity contribution < 1.29 is 23.8 Å². The van der Waals surface area contributed by atoms with E-state index in [9.17, 15) is 19.1 Å². The number of carbonyl (C=O) groups is 2. The van der Waals surface area contributed by atoms with Crippen molar-refractivity contribution in [2.24, 2.45) is 11.8 Å². The predicted octanol–water partition coefficient (Wildman–Crippen LogP) is 1.06. The highest BCUT2D eigenvalue weighted by Crippen LogP contribution is 2.39. The summed E-state index contributed by atoms with van der Waals surface area (Å²) in [4.78, 5) is 28.0. The van der Waals surface area contributed by atoms with Gasteiger partial charge in [0.15, 0.2) is 0 Å². The summed E-state index contributed by atoms with van der Waals surface area (Å²) in [6, 6.07) is 5.96. The molecule has 1 saturated heterocycles. The molecule has 26 heavy (non-hydrogen) atoms. The number of benzene rings is 1. The van der Waals surface area contributed by atoms with Crippen LogP contribution in [0.25, 0.3) is 0 Å². The third kappa shape index (κ3) is 2.97. The van der Waals surface area contributed by atoms with Gasteiger partial charge in [-0.05, 0) is 17.7 Å². The maximum atomic E-state index is 12.9. The molecular weight excluding hydrogens is 343 g/mol. The Morgan fingerprint density at radius 2 is 1.88 bits per heavy atom. The number of rotatable bonds is 5. The fourth-order valence-electron chi connectivity index (χ4n) is 3.31. The van der Waals surface area contributed by atoms with E-state index in [-0.39, 0.29) is 11.8 Å². The molecular formula is C17H15FN4O4. The van der Waals surface area contributed by atoms with E-state index in [0.717, 1.165) is 5.56 Å². The lowest BCUT2D eigenvalue weighted by molar-refractivity contribution is -0.145. The van der Waals surface area contributed by atoms with Crippen molar-refractivity contribution in [2.75, 3.05) is 5.32 Å². The number of aliphatic carboxylic acids is 1. The summed E-state index contributed by atoms with van der Waals surface area (Å²) in [5.41, 5.74) is 0.826. The number of amides is 1. The molecule has 2 aliphatic rings. The Morgan fingerprint density at radius 1 is 1.19 bits per heavy atom. The van der Waals surface area contributed by atoms with Gasteiger partial charge in [-0.2, -0.15) is 0 Å². The number of hydrogen-bond acceptors (Lipinski definition) is 5. The van der Waals surface area contributed by atoms with Crippen LogP contribution in [0.15, 0.2) is 42.7 Å². The van der Waals surface area contributed by atoms with Crippen LogP contribution in [-0.4, -0.2) is 44.0 Å². The number of nitrogens with one attached hydrogen (secondary N) is 1. The quantitative estimate of drug-likeness (QED) is 0.774. The van der Waals surface area contributed by atoms with Crippen LogP contribution in [0, 0.1) is 17.7 Å². The van der Waals surface area contributed by atoms with E-state index >= 15 is 0 Å². The molecule has 2 aliphatic heterocycles. The van der Waals surface area contributed by atoms with E-state index in [0.29, 0.717) is 6.54 Å². The number of ether oxygens (including phenoxy) is 1. The SMILES string of the molecule is O=C(O)C1C2C=CC(O2)C1C(=O)Nc1ncn(Cc2ccc(F)cc2)n1. The van der Waals surface area contributed by atoms with Crippen molar-refractivity contribution in [1.82, 2.24) is 14.8 Å². The minimum Gasteiger partial charge on any atom is -0.481 e. The van der Waals surface area contributed by atoms with Crippen molar-refractivity contribution in [3.8, 4) is 0 Å². The number of halogens is 1. The van der Waals surface area contributed by atoms with Crippen LogP contribution in [0.2, 0.25) is 0 Å². The van der Waals surface area contributed by atoms with Crippen molar-refractivity contribution in [2.45, 2.75) is 18.8 Å². The number of hydrogen-bond donors (Lipinski definition) is 2. The van der Waals surface area contributed by atoms with Gasteiger partial charge in [-0.1, -0.05) is 24.3 Å². The molecule has 4 unspecified atom stereocenters. The van der Waals surface area contributed by atoms with Crippen LogP contribution < -0.4 is 5.32 Å². The number of aromatic nitrogens is 3. The second kappa shape index (κ2) is 6.34. The lowest BCUT2D eigenvalue weighted by Crippen LogP contribution is -2.39. The van der Waals surface area contributed by atoms with E-state index in [1.54, 1.807) is 24.3 Å². The molecule has 0 aliphatic carbocycles. The minimum atomic E-state index is -1.07. The number of nitrogens with zero attached hydrogens (tertiary/aromatic N) is 3. The number of fused-ring (bicyclic) bond motifs is 2. The summed E-state index contributed by atoms with van der Waals surface area (Å²) < 4.78 is 19.9. The van der Waals surface area contributed by atoms with E-state index in [1.165, 1.54) is 23.1 Å². The van der Waals surface area contributed by atoms with Crippen LogP contribution in [0.5, 0.6) is 0 Å². The highest BCUT2D eigenvalue weighted by atomic mass is 19.1. The Kier molecular flexibility index (Phi) is 4.00. The summed E-state index contributed by atoms with van der Waals surface area (Å²) in [5.74, 6) is -3.56. The van der Waals surface area contributed by atoms with Gasteiger partial charge in [-0.15, -0.1) is 5.10 Å². The van der Waals surface area contributed by atoms with Crippen LogP contribution >= 0.6 is 0 Å². The van der Waals surface area contributed by atoms with Crippen molar-refractivity contribution in [3.63, 3.8) is 0 Å². The first-order valence-corrected chi connectivity index (χ1v) is 8.02. The first-order chi connectivity index (χ1) is 12.5. The van der Waals surface area contributed by atoms with E-state index in [4.69, 9.17) is 4.74 Å². The number of carbonyl (C=O) groups excluding carboxylic acids is 1. The first-order valence-electron chi connectivity index (χ1n) is 8.02. The molecule has 2 N–H and O–H groups in total. The molecule has 8 nitrogen and oxygen atoms in total. The average Bonchev–Trinajstić information content (AvgIpc) is 3.32. The largest absolute Gasteiger partial charge is 0.481 e. The van der Waals surface area contributed by atoms with Gasteiger partial charge < -0.3 is 9.84 Å². The third-order valence-corrected chi connectivity index (χ3v) is 4.52. The summed E-state index contributed by atoms with van der Waals surface area (Å²) in [6.07, 6.45) is 3.67. The monoisotopic (exact) mass is 358 g/mol. The molecule has 4 rings (SSSR count). The lowest BCUT2D eigenvalue weighted by atomic mass is 9.82. The normalized spacial score (nSPS) is 26.2. The summed E-state index contributed by atoms with van der Waals surface area (Å²) >= 11 is 0. The van der Waals surface area contributed by atoms with Crippen LogP contribution in [0.1, 0.15) is 5.56 Å². The topological polar surface area (TPSA) is 106 Å². The molecule has 0 saturated carbocycles. The molecule has 2 bridgehead atoms. The fourth-order valence-corrected chi connectivity index (χ4v) is 3.31. The lowest BCUT2D eigenvalue weighted by Gasteiger charge is -2.19.